The average molecular weight is 343 g/mol. The molecule has 0 amide bonds. The van der Waals surface area contributed by atoms with Crippen LogP contribution in [0.25, 0.3) is 11.0 Å². The van der Waals surface area contributed by atoms with Crippen molar-refractivity contribution in [1.29, 1.82) is 0 Å². The number of pyridine rings is 1. The van der Waals surface area contributed by atoms with E-state index in [2.05, 4.69) is 44.6 Å². The Morgan fingerprint density at radius 3 is 2.69 bits per heavy atom. The lowest BCUT2D eigenvalue weighted by Crippen LogP contribution is -2.28. The van der Waals surface area contributed by atoms with Crippen LogP contribution in [0.5, 0.6) is 5.75 Å². The molecule has 3 aromatic rings. The van der Waals surface area contributed by atoms with Crippen molar-refractivity contribution in [2.75, 3.05) is 25.1 Å². The van der Waals surface area contributed by atoms with Crippen LogP contribution in [0.1, 0.15) is 12.0 Å². The van der Waals surface area contributed by atoms with E-state index in [1.165, 1.54) is 16.6 Å². The standard InChI is InChI=1S/C22H21N3O/c1-24-16-21(20-4-3-13-23-22(20)24)25-14-11-18(12-15-25)6-5-17-7-9-19(26-2)10-8-17/h3-4,7-11,13,16H,12,14-15H2,1-2H3. The van der Waals surface area contributed by atoms with Gasteiger partial charge in [0.25, 0.3) is 0 Å². The third-order valence-corrected chi connectivity index (χ3v) is 4.72. The van der Waals surface area contributed by atoms with Gasteiger partial charge in [-0.3, -0.25) is 0 Å². The predicted octanol–water partition coefficient (Wildman–Crippen LogP) is 3.77. The van der Waals surface area contributed by atoms with Crippen molar-refractivity contribution >= 4 is 16.7 Å². The Morgan fingerprint density at radius 2 is 1.96 bits per heavy atom. The van der Waals surface area contributed by atoms with Gasteiger partial charge in [-0.15, -0.1) is 0 Å². The van der Waals surface area contributed by atoms with Crippen LogP contribution in [0.15, 0.2) is 60.4 Å². The molecular formula is C22H21N3O. The summed E-state index contributed by atoms with van der Waals surface area (Å²) in [6.45, 7) is 1.85. The molecule has 4 heteroatoms. The number of ether oxygens (including phenoxy) is 1. The minimum absolute atomic E-state index is 0.854. The second kappa shape index (κ2) is 6.97. The van der Waals surface area contributed by atoms with Crippen LogP contribution < -0.4 is 9.64 Å². The topological polar surface area (TPSA) is 30.3 Å². The van der Waals surface area contributed by atoms with Gasteiger partial charge in [-0.25, -0.2) is 4.98 Å². The van der Waals surface area contributed by atoms with Crippen molar-refractivity contribution in [3.8, 4) is 17.6 Å². The van der Waals surface area contributed by atoms with E-state index in [1.54, 1.807) is 7.11 Å². The maximum absolute atomic E-state index is 5.18. The van der Waals surface area contributed by atoms with Gasteiger partial charge < -0.3 is 14.2 Å². The van der Waals surface area contributed by atoms with E-state index in [1.807, 2.05) is 43.6 Å². The summed E-state index contributed by atoms with van der Waals surface area (Å²) in [6, 6.07) is 12.0. The molecule has 0 spiro atoms. The van der Waals surface area contributed by atoms with Gasteiger partial charge in [0.2, 0.25) is 0 Å². The molecule has 130 valence electrons. The number of fused-ring (bicyclic) bond motifs is 1. The monoisotopic (exact) mass is 343 g/mol. The van der Waals surface area contributed by atoms with E-state index in [4.69, 9.17) is 4.74 Å². The van der Waals surface area contributed by atoms with Gasteiger partial charge in [-0.2, -0.15) is 0 Å². The van der Waals surface area contributed by atoms with Gasteiger partial charge >= 0.3 is 0 Å². The summed E-state index contributed by atoms with van der Waals surface area (Å²) in [5, 5.41) is 1.20. The van der Waals surface area contributed by atoms with Gasteiger partial charge in [0, 0.05) is 49.1 Å². The van der Waals surface area contributed by atoms with Crippen LogP contribution in [0.3, 0.4) is 0 Å². The molecule has 0 saturated carbocycles. The molecule has 1 aliphatic heterocycles. The lowest BCUT2D eigenvalue weighted by Gasteiger charge is -2.26. The molecule has 3 heterocycles. The lowest BCUT2D eigenvalue weighted by atomic mass is 10.1. The Kier molecular flexibility index (Phi) is 4.37. The Bertz CT molecular complexity index is 1020. The summed E-state index contributed by atoms with van der Waals surface area (Å²) in [6.07, 6.45) is 7.20. The van der Waals surface area contributed by atoms with Gasteiger partial charge in [-0.05, 0) is 42.8 Å². The summed E-state index contributed by atoms with van der Waals surface area (Å²) >= 11 is 0. The third-order valence-electron chi connectivity index (χ3n) is 4.72. The highest BCUT2D eigenvalue weighted by atomic mass is 16.5. The Hall–Kier alpha value is -3.19. The van der Waals surface area contributed by atoms with E-state index in [0.29, 0.717) is 0 Å². The number of hydrogen-bond donors (Lipinski definition) is 0. The van der Waals surface area contributed by atoms with Crippen LogP contribution in [-0.4, -0.2) is 29.8 Å². The van der Waals surface area contributed by atoms with Crippen molar-refractivity contribution < 1.29 is 4.74 Å². The lowest BCUT2D eigenvalue weighted by molar-refractivity contribution is 0.415. The molecule has 1 aliphatic rings. The van der Waals surface area contributed by atoms with Crippen LogP contribution in [0.2, 0.25) is 0 Å². The summed E-state index contributed by atoms with van der Waals surface area (Å²) in [4.78, 5) is 6.87. The number of methoxy groups -OCH3 is 1. The third kappa shape index (κ3) is 3.16. The van der Waals surface area contributed by atoms with Crippen LogP contribution in [0, 0.1) is 11.8 Å². The molecule has 0 saturated heterocycles. The number of aromatic nitrogens is 2. The molecular weight excluding hydrogens is 322 g/mol. The Labute approximate surface area is 153 Å². The Morgan fingerprint density at radius 1 is 1.12 bits per heavy atom. The van der Waals surface area contributed by atoms with E-state index < -0.39 is 0 Å². The highest BCUT2D eigenvalue weighted by Gasteiger charge is 2.16. The van der Waals surface area contributed by atoms with Crippen molar-refractivity contribution in [1.82, 2.24) is 9.55 Å². The summed E-state index contributed by atoms with van der Waals surface area (Å²) in [7, 11) is 3.72. The zero-order valence-electron chi connectivity index (χ0n) is 15.1. The fourth-order valence-electron chi connectivity index (χ4n) is 3.27. The largest absolute Gasteiger partial charge is 0.497 e. The van der Waals surface area contributed by atoms with Crippen molar-refractivity contribution in [3.05, 3.63) is 66.0 Å². The van der Waals surface area contributed by atoms with Crippen LogP contribution >= 0.6 is 0 Å². The summed E-state index contributed by atoms with van der Waals surface area (Å²) in [5.74, 6) is 7.42. The first-order valence-electron chi connectivity index (χ1n) is 8.75. The van der Waals surface area contributed by atoms with E-state index in [9.17, 15) is 0 Å². The number of hydrogen-bond acceptors (Lipinski definition) is 3. The first-order valence-corrected chi connectivity index (χ1v) is 8.75. The minimum Gasteiger partial charge on any atom is -0.497 e. The van der Waals surface area contributed by atoms with Crippen LogP contribution in [-0.2, 0) is 7.05 Å². The first kappa shape index (κ1) is 16.3. The molecule has 4 rings (SSSR count). The van der Waals surface area contributed by atoms with Gasteiger partial charge in [0.15, 0.2) is 0 Å². The molecule has 0 atom stereocenters. The number of benzene rings is 1. The van der Waals surface area contributed by atoms with Crippen LogP contribution in [0.4, 0.5) is 5.69 Å². The molecule has 4 nitrogen and oxygen atoms in total. The molecule has 26 heavy (non-hydrogen) atoms. The van der Waals surface area contributed by atoms with Crippen molar-refractivity contribution in [2.45, 2.75) is 6.42 Å². The van der Waals surface area contributed by atoms with E-state index in [-0.39, 0.29) is 0 Å². The number of aryl methyl sites for hydroxylation is 1. The van der Waals surface area contributed by atoms with Gasteiger partial charge in [0.05, 0.1) is 12.8 Å². The number of nitrogens with zero attached hydrogens (tertiary/aromatic N) is 3. The highest BCUT2D eigenvalue weighted by molar-refractivity contribution is 5.91. The minimum atomic E-state index is 0.854. The SMILES string of the molecule is COc1ccc(C#CC2=CCN(c3cn(C)c4ncccc34)CC2)cc1. The molecule has 0 bridgehead atoms. The second-order valence-corrected chi connectivity index (χ2v) is 6.40. The zero-order valence-corrected chi connectivity index (χ0v) is 15.1. The smallest absolute Gasteiger partial charge is 0.141 e. The first-order chi connectivity index (χ1) is 12.7. The molecule has 0 aliphatic carbocycles. The molecule has 1 aromatic carbocycles. The summed E-state index contributed by atoms with van der Waals surface area (Å²) in [5.41, 5.74) is 4.48. The molecule has 0 fully saturated rings. The maximum atomic E-state index is 5.18. The zero-order chi connectivity index (χ0) is 17.9. The molecule has 0 unspecified atom stereocenters. The molecule has 2 aromatic heterocycles. The summed E-state index contributed by atoms with van der Waals surface area (Å²) < 4.78 is 7.27. The quantitative estimate of drug-likeness (QED) is 0.664. The Balaban J connectivity index is 1.50. The number of rotatable bonds is 2. The highest BCUT2D eigenvalue weighted by Crippen LogP contribution is 2.29. The van der Waals surface area contributed by atoms with E-state index in [0.717, 1.165) is 36.5 Å². The average Bonchev–Trinajstić information content (AvgIpc) is 3.04. The fourth-order valence-corrected chi connectivity index (χ4v) is 3.27. The normalized spacial score (nSPS) is 13.9. The van der Waals surface area contributed by atoms with Gasteiger partial charge in [0.1, 0.15) is 11.4 Å². The second-order valence-electron chi connectivity index (χ2n) is 6.40. The predicted molar refractivity (Wildman–Crippen MR) is 105 cm³/mol. The molecule has 0 N–H and O–H groups in total. The van der Waals surface area contributed by atoms with E-state index >= 15 is 0 Å². The van der Waals surface area contributed by atoms with Crippen molar-refractivity contribution in [3.63, 3.8) is 0 Å². The maximum Gasteiger partial charge on any atom is 0.141 e. The fraction of sp³-hybridized carbons (Fsp3) is 0.227. The number of anilines is 1. The molecule has 0 radical (unpaired) electrons. The van der Waals surface area contributed by atoms with Crippen molar-refractivity contribution in [2.24, 2.45) is 7.05 Å². The van der Waals surface area contributed by atoms with Gasteiger partial charge in [-0.1, -0.05) is 17.9 Å².